The van der Waals surface area contributed by atoms with E-state index in [0.29, 0.717) is 24.7 Å². The number of carbonyl (C=O) groups is 1. The number of nitrogens with zero attached hydrogens (tertiary/aromatic N) is 4. The van der Waals surface area contributed by atoms with Gasteiger partial charge in [-0.2, -0.15) is 0 Å². The Labute approximate surface area is 222 Å². The van der Waals surface area contributed by atoms with E-state index in [-0.39, 0.29) is 17.0 Å². The largest absolute Gasteiger partial charge is 0.393 e. The Bertz CT molecular complexity index is 1260. The van der Waals surface area contributed by atoms with Crippen LogP contribution >= 0.6 is 11.6 Å². The van der Waals surface area contributed by atoms with Crippen LogP contribution < -0.4 is 21.3 Å². The summed E-state index contributed by atoms with van der Waals surface area (Å²) in [6, 6.07) is 14.2. The molecule has 0 radical (unpaired) electrons. The van der Waals surface area contributed by atoms with E-state index < -0.39 is 0 Å². The molecule has 3 heterocycles. The van der Waals surface area contributed by atoms with E-state index in [1.165, 1.54) is 6.33 Å². The van der Waals surface area contributed by atoms with Crippen LogP contribution in [0.2, 0.25) is 5.15 Å². The Hall–Kier alpha value is -3.40. The van der Waals surface area contributed by atoms with Crippen LogP contribution in [-0.4, -0.2) is 67.2 Å². The first-order valence-corrected chi connectivity index (χ1v) is 13.0. The predicted octanol–water partition coefficient (Wildman–Crippen LogP) is 4.24. The SMILES string of the molecule is CN1CCN(c2ccc(-c3cccc(NC(=O)C4CCOCC4)c3)cc2Nc2ncnc(Cl)c2N)CC1. The number of rotatable bonds is 6. The number of nitrogens with one attached hydrogen (secondary N) is 2. The molecule has 3 aromatic rings. The topological polar surface area (TPSA) is 109 Å². The number of likely N-dealkylation sites (N-methyl/N-ethyl adjacent to an activating group) is 1. The smallest absolute Gasteiger partial charge is 0.227 e. The first-order chi connectivity index (χ1) is 18.0. The van der Waals surface area contributed by atoms with Crippen LogP contribution in [0, 0.1) is 5.92 Å². The molecule has 10 heteroatoms. The van der Waals surface area contributed by atoms with E-state index in [4.69, 9.17) is 22.1 Å². The zero-order valence-electron chi connectivity index (χ0n) is 20.9. The van der Waals surface area contributed by atoms with Gasteiger partial charge in [0, 0.05) is 51.0 Å². The number of nitrogen functional groups attached to an aromatic ring is 1. The monoisotopic (exact) mass is 521 g/mol. The van der Waals surface area contributed by atoms with Gasteiger partial charge < -0.3 is 30.9 Å². The van der Waals surface area contributed by atoms with Gasteiger partial charge in [-0.3, -0.25) is 4.79 Å². The number of amides is 1. The minimum absolute atomic E-state index is 0.0128. The molecule has 2 aromatic carbocycles. The number of nitrogens with two attached hydrogens (primary N) is 1. The molecular weight excluding hydrogens is 490 g/mol. The molecule has 0 aliphatic carbocycles. The van der Waals surface area contributed by atoms with Crippen LogP contribution in [0.15, 0.2) is 48.8 Å². The second-order valence-electron chi connectivity index (χ2n) is 9.53. The van der Waals surface area contributed by atoms with E-state index in [2.05, 4.69) is 55.6 Å². The molecule has 4 N–H and O–H groups in total. The minimum Gasteiger partial charge on any atom is -0.393 e. The van der Waals surface area contributed by atoms with E-state index in [0.717, 1.165) is 67.2 Å². The molecule has 5 rings (SSSR count). The average molecular weight is 522 g/mol. The molecule has 2 aliphatic heterocycles. The minimum atomic E-state index is -0.0128. The summed E-state index contributed by atoms with van der Waals surface area (Å²) in [6.45, 7) is 5.07. The standard InChI is InChI=1S/C27H32ClN7O2/c1-34-9-11-35(12-10-34)23-6-5-20(16-22(23)33-26-24(29)25(28)30-17-31-26)19-3-2-4-21(15-19)32-27(36)18-7-13-37-14-8-18/h2-6,15-18H,7-14,29H2,1H3,(H,32,36)(H,30,31,33). The predicted molar refractivity (Wildman–Crippen MR) is 148 cm³/mol. The lowest BCUT2D eigenvalue weighted by atomic mass is 9.99. The maximum absolute atomic E-state index is 12.8. The summed E-state index contributed by atoms with van der Waals surface area (Å²) in [5.41, 5.74) is 11.2. The molecular formula is C27H32ClN7O2. The second kappa shape index (κ2) is 11.3. The van der Waals surface area contributed by atoms with Gasteiger partial charge >= 0.3 is 0 Å². The molecule has 2 aliphatic rings. The fraction of sp³-hybridized carbons (Fsp3) is 0.370. The van der Waals surface area contributed by atoms with Crippen molar-refractivity contribution >= 4 is 46.1 Å². The van der Waals surface area contributed by atoms with Crippen LogP contribution in [-0.2, 0) is 9.53 Å². The van der Waals surface area contributed by atoms with Crippen LogP contribution in [0.25, 0.3) is 11.1 Å². The van der Waals surface area contributed by atoms with Crippen LogP contribution in [0.5, 0.6) is 0 Å². The van der Waals surface area contributed by atoms with Gasteiger partial charge in [-0.1, -0.05) is 29.8 Å². The van der Waals surface area contributed by atoms with Crippen molar-refractivity contribution in [3.8, 4) is 11.1 Å². The number of halogens is 1. The average Bonchev–Trinajstić information content (AvgIpc) is 2.92. The van der Waals surface area contributed by atoms with Crippen molar-refractivity contribution in [3.63, 3.8) is 0 Å². The quantitative estimate of drug-likeness (QED) is 0.413. The number of aromatic nitrogens is 2. The van der Waals surface area contributed by atoms with Gasteiger partial charge in [0.15, 0.2) is 11.0 Å². The third-order valence-corrected chi connectivity index (χ3v) is 7.29. The zero-order chi connectivity index (χ0) is 25.8. The van der Waals surface area contributed by atoms with Gasteiger partial charge in [0.25, 0.3) is 0 Å². The Morgan fingerprint density at radius 2 is 1.81 bits per heavy atom. The number of hydrogen-bond acceptors (Lipinski definition) is 8. The molecule has 0 unspecified atom stereocenters. The van der Waals surface area contributed by atoms with Crippen molar-refractivity contribution in [2.24, 2.45) is 5.92 Å². The summed E-state index contributed by atoms with van der Waals surface area (Å²) >= 11 is 6.15. The summed E-state index contributed by atoms with van der Waals surface area (Å²) < 4.78 is 5.39. The van der Waals surface area contributed by atoms with Gasteiger partial charge in [0.05, 0.1) is 11.4 Å². The molecule has 0 saturated carbocycles. The normalized spacial score (nSPS) is 17.0. The summed E-state index contributed by atoms with van der Waals surface area (Å²) in [4.78, 5) is 25.7. The Balaban J connectivity index is 1.44. The summed E-state index contributed by atoms with van der Waals surface area (Å²) in [5, 5.41) is 6.69. The van der Waals surface area contributed by atoms with Crippen LogP contribution in [0.3, 0.4) is 0 Å². The molecule has 1 amide bonds. The van der Waals surface area contributed by atoms with E-state index in [9.17, 15) is 4.79 Å². The van der Waals surface area contributed by atoms with Crippen molar-refractivity contribution in [2.75, 3.05) is 67.7 Å². The zero-order valence-corrected chi connectivity index (χ0v) is 21.7. The molecule has 194 valence electrons. The summed E-state index contributed by atoms with van der Waals surface area (Å²) in [5.74, 6) is 0.496. The van der Waals surface area contributed by atoms with Crippen molar-refractivity contribution < 1.29 is 9.53 Å². The highest BCUT2D eigenvalue weighted by Gasteiger charge is 2.22. The Morgan fingerprint density at radius 3 is 2.59 bits per heavy atom. The number of benzene rings is 2. The lowest BCUT2D eigenvalue weighted by Gasteiger charge is -2.35. The maximum atomic E-state index is 12.8. The number of carbonyl (C=O) groups excluding carboxylic acids is 1. The van der Waals surface area contributed by atoms with Crippen molar-refractivity contribution in [1.82, 2.24) is 14.9 Å². The molecule has 37 heavy (non-hydrogen) atoms. The van der Waals surface area contributed by atoms with Crippen LogP contribution in [0.1, 0.15) is 12.8 Å². The Morgan fingerprint density at radius 1 is 1.05 bits per heavy atom. The van der Waals surface area contributed by atoms with E-state index in [1.54, 1.807) is 0 Å². The van der Waals surface area contributed by atoms with E-state index in [1.807, 2.05) is 24.3 Å². The third-order valence-electron chi connectivity index (χ3n) is 6.98. The molecule has 2 saturated heterocycles. The molecule has 0 bridgehead atoms. The third kappa shape index (κ3) is 5.95. The summed E-state index contributed by atoms with van der Waals surface area (Å²) in [6.07, 6.45) is 2.90. The van der Waals surface area contributed by atoms with Crippen molar-refractivity contribution in [2.45, 2.75) is 12.8 Å². The van der Waals surface area contributed by atoms with Crippen molar-refractivity contribution in [1.29, 1.82) is 0 Å². The van der Waals surface area contributed by atoms with E-state index >= 15 is 0 Å². The van der Waals surface area contributed by atoms with Gasteiger partial charge in [-0.25, -0.2) is 9.97 Å². The number of hydrogen-bond donors (Lipinski definition) is 3. The highest BCUT2D eigenvalue weighted by atomic mass is 35.5. The summed E-state index contributed by atoms with van der Waals surface area (Å²) in [7, 11) is 2.14. The fourth-order valence-corrected chi connectivity index (χ4v) is 4.85. The molecule has 2 fully saturated rings. The number of ether oxygens (including phenoxy) is 1. The number of anilines is 5. The van der Waals surface area contributed by atoms with Gasteiger partial charge in [0.2, 0.25) is 5.91 Å². The molecule has 9 nitrogen and oxygen atoms in total. The highest BCUT2D eigenvalue weighted by Crippen LogP contribution is 2.36. The van der Waals surface area contributed by atoms with Crippen LogP contribution in [0.4, 0.5) is 28.6 Å². The highest BCUT2D eigenvalue weighted by molar-refractivity contribution is 6.32. The first kappa shape index (κ1) is 25.3. The van der Waals surface area contributed by atoms with Crippen molar-refractivity contribution in [3.05, 3.63) is 53.9 Å². The molecule has 1 aromatic heterocycles. The number of piperazine rings is 1. The second-order valence-corrected chi connectivity index (χ2v) is 9.89. The lowest BCUT2D eigenvalue weighted by Crippen LogP contribution is -2.44. The fourth-order valence-electron chi connectivity index (χ4n) is 4.72. The first-order valence-electron chi connectivity index (χ1n) is 12.6. The lowest BCUT2D eigenvalue weighted by molar-refractivity contribution is -0.122. The Kier molecular flexibility index (Phi) is 7.73. The maximum Gasteiger partial charge on any atom is 0.227 e. The molecule has 0 atom stereocenters. The van der Waals surface area contributed by atoms with Gasteiger partial charge in [0.1, 0.15) is 12.0 Å². The van der Waals surface area contributed by atoms with Gasteiger partial charge in [-0.05, 0) is 55.3 Å². The van der Waals surface area contributed by atoms with Gasteiger partial charge in [-0.15, -0.1) is 0 Å². The molecule has 0 spiro atoms.